The molecule has 378 valence electrons. The molecule has 0 N–H and O–H groups in total. The molecule has 4 aromatic carbocycles. The number of ether oxygens (including phenoxy) is 6. The van der Waals surface area contributed by atoms with Crippen LogP contribution in [0.4, 0.5) is 52.7 Å². The van der Waals surface area contributed by atoms with Crippen LogP contribution >= 0.6 is 0 Å². The molecular formula is C42H34F12N4O12. The van der Waals surface area contributed by atoms with Crippen LogP contribution in [0.1, 0.15) is 59.3 Å². The maximum atomic E-state index is 13.2. The van der Waals surface area contributed by atoms with Crippen LogP contribution in [-0.2, 0) is 19.1 Å². The summed E-state index contributed by atoms with van der Waals surface area (Å²) in [5.41, 5.74) is -2.15. The van der Waals surface area contributed by atoms with Gasteiger partial charge in [0.25, 0.3) is 0 Å². The van der Waals surface area contributed by atoms with Gasteiger partial charge in [-0.25, -0.2) is 0 Å². The number of rotatable bonds is 25. The number of nitrogens with zero attached hydrogens (tertiary/aromatic N) is 4. The number of alkyl halides is 12. The van der Waals surface area contributed by atoms with E-state index < -0.39 is 135 Å². The van der Waals surface area contributed by atoms with Gasteiger partial charge in [0, 0.05) is 0 Å². The highest BCUT2D eigenvalue weighted by Gasteiger charge is 2.45. The molecule has 70 heavy (non-hydrogen) atoms. The number of hydrogen-bond donors (Lipinski definition) is 0. The minimum absolute atomic E-state index is 0.113. The monoisotopic (exact) mass is 1010 g/mol. The van der Waals surface area contributed by atoms with Gasteiger partial charge in [-0.2, -0.15) is 52.7 Å². The summed E-state index contributed by atoms with van der Waals surface area (Å²) in [6.07, 6.45) is -24.3. The van der Waals surface area contributed by atoms with E-state index in [4.69, 9.17) is 28.4 Å². The fraction of sp³-hybridized carbons (Fsp3) is 0.381. The third kappa shape index (κ3) is 16.7. The van der Waals surface area contributed by atoms with Crippen molar-refractivity contribution in [3.63, 3.8) is 0 Å². The first-order valence-corrected chi connectivity index (χ1v) is 19.7. The van der Waals surface area contributed by atoms with Gasteiger partial charge in [-0.1, -0.05) is 69.2 Å². The van der Waals surface area contributed by atoms with E-state index in [0.717, 1.165) is 97.1 Å². The van der Waals surface area contributed by atoms with Crippen molar-refractivity contribution >= 4 is 11.9 Å². The molecule has 0 fully saturated rings. The van der Waals surface area contributed by atoms with Crippen LogP contribution in [0.2, 0.25) is 0 Å². The van der Waals surface area contributed by atoms with Crippen LogP contribution < -0.4 is 18.9 Å². The topological polar surface area (TPSA) is 207 Å². The van der Waals surface area contributed by atoms with Gasteiger partial charge < -0.3 is 28.4 Å². The van der Waals surface area contributed by atoms with Crippen molar-refractivity contribution in [3.05, 3.63) is 139 Å². The van der Waals surface area contributed by atoms with Crippen molar-refractivity contribution in [2.45, 2.75) is 73.9 Å². The van der Waals surface area contributed by atoms with Crippen molar-refractivity contribution in [2.24, 2.45) is 20.7 Å². The molecule has 0 amide bonds. The van der Waals surface area contributed by atoms with Gasteiger partial charge in [0.05, 0.1) is 12.8 Å². The van der Waals surface area contributed by atoms with Gasteiger partial charge in [-0.05, 0) is 70.8 Å². The Kier molecular flexibility index (Phi) is 19.1. The van der Waals surface area contributed by atoms with E-state index >= 15 is 0 Å². The Hall–Kier alpha value is -7.42. The zero-order chi connectivity index (χ0) is 51.9. The van der Waals surface area contributed by atoms with Crippen LogP contribution in [0.25, 0.3) is 0 Å². The number of halogens is 12. The third-order valence-corrected chi connectivity index (χ3v) is 9.32. The van der Waals surface area contributed by atoms with Crippen LogP contribution in [0.5, 0.6) is 23.0 Å². The second-order valence-electron chi connectivity index (χ2n) is 14.4. The first kappa shape index (κ1) is 55.2. The van der Waals surface area contributed by atoms with E-state index in [9.17, 15) is 81.9 Å². The van der Waals surface area contributed by atoms with Crippen molar-refractivity contribution in [1.82, 2.24) is 0 Å². The number of hydrogen-bond acceptors (Lipinski definition) is 16. The quantitative estimate of drug-likeness (QED) is 0.0345. The molecule has 28 heteroatoms. The SMILES string of the molecule is O=NC(c1ccc(OCC(COc2ccc(C(N=O)C(F)(F)F)cc2)OC(=O)CCC(=O)OC(COc2ccc(C(N=O)C(F)(F)F)cc2)COc2ccc(C(N=O)C(F)(F)F)cc2)cc1)C(F)(F)F. The molecule has 4 aromatic rings. The summed E-state index contributed by atoms with van der Waals surface area (Å²) in [4.78, 5) is 69.4. The van der Waals surface area contributed by atoms with Gasteiger partial charge in [0.1, 0.15) is 49.4 Å². The molecule has 0 spiro atoms. The highest BCUT2D eigenvalue weighted by Crippen LogP contribution is 2.39. The second-order valence-corrected chi connectivity index (χ2v) is 14.4. The molecule has 0 aliphatic rings. The zero-order valence-electron chi connectivity index (χ0n) is 35.2. The van der Waals surface area contributed by atoms with E-state index in [0.29, 0.717) is 0 Å². The normalized spacial score (nSPS) is 14.6. The number of carbonyl (C=O) groups is 2. The minimum atomic E-state index is -5.01. The average Bonchev–Trinajstić information content (AvgIpc) is 3.28. The number of esters is 2. The molecule has 4 unspecified atom stereocenters. The predicted molar refractivity (Wildman–Crippen MR) is 215 cm³/mol. The summed E-state index contributed by atoms with van der Waals surface area (Å²) in [5, 5.41) is 8.33. The van der Waals surface area contributed by atoms with Crippen LogP contribution in [-0.4, -0.2) is 75.3 Å². The number of benzene rings is 4. The molecule has 0 aliphatic heterocycles. The fourth-order valence-corrected chi connectivity index (χ4v) is 5.91. The van der Waals surface area contributed by atoms with E-state index in [1.807, 2.05) is 0 Å². The molecule has 0 saturated carbocycles. The fourth-order valence-electron chi connectivity index (χ4n) is 5.91. The molecular weight excluding hydrogens is 980 g/mol. The maximum Gasteiger partial charge on any atom is 0.418 e. The van der Waals surface area contributed by atoms with Gasteiger partial charge in [0.15, 0.2) is 12.2 Å². The zero-order valence-corrected chi connectivity index (χ0v) is 35.2. The highest BCUT2D eigenvalue weighted by molar-refractivity contribution is 5.77. The Morgan fingerprint density at radius 2 is 0.543 bits per heavy atom. The lowest BCUT2D eigenvalue weighted by molar-refractivity contribution is -0.159. The smallest absolute Gasteiger partial charge is 0.418 e. The Morgan fingerprint density at radius 3 is 0.700 bits per heavy atom. The first-order valence-electron chi connectivity index (χ1n) is 19.7. The third-order valence-electron chi connectivity index (χ3n) is 9.32. The lowest BCUT2D eigenvalue weighted by Gasteiger charge is -2.21. The van der Waals surface area contributed by atoms with Crippen LogP contribution in [0.3, 0.4) is 0 Å². The van der Waals surface area contributed by atoms with Gasteiger partial charge >= 0.3 is 36.6 Å². The van der Waals surface area contributed by atoms with Crippen molar-refractivity contribution in [2.75, 3.05) is 26.4 Å². The Balaban J connectivity index is 1.45. The van der Waals surface area contributed by atoms with E-state index in [2.05, 4.69) is 20.7 Å². The molecule has 0 saturated heterocycles. The number of nitroso groups, excluding NO2 is 4. The molecule has 0 bridgehead atoms. The van der Waals surface area contributed by atoms with Gasteiger partial charge in [0.2, 0.25) is 24.2 Å². The molecule has 4 rings (SSSR count). The summed E-state index contributed by atoms with van der Waals surface area (Å²) in [5.74, 6) is -2.69. The summed E-state index contributed by atoms with van der Waals surface area (Å²) in [6.45, 7) is -2.40. The molecule has 0 aliphatic carbocycles. The van der Waals surface area contributed by atoms with Crippen LogP contribution in [0.15, 0.2) is 118 Å². The van der Waals surface area contributed by atoms with Crippen molar-refractivity contribution in [3.8, 4) is 23.0 Å². The Labute approximate surface area is 385 Å². The largest absolute Gasteiger partial charge is 0.490 e. The highest BCUT2D eigenvalue weighted by atomic mass is 19.4. The first-order chi connectivity index (χ1) is 32.9. The molecule has 4 atom stereocenters. The Bertz CT molecular complexity index is 2040. The molecule has 0 heterocycles. The average molecular weight is 1010 g/mol. The standard InChI is InChI=1S/C42H34F12N4O12/c43-39(44,45)35(55-61)23-1-9-27(10-2-23)65-19-31(20-66-28-11-3-24(4-12-28)36(56-62)40(46,47)48)69-33(59)17-18-34(60)70-32(21-67-29-13-5-25(6-14-29)37(57-63)41(49,50)51)22-68-30-15-7-26(8-16-30)38(58-64)42(52,53)54/h1-16,31-32,35-38H,17-22H2. The number of carbonyl (C=O) groups excluding carboxylic acids is 2. The maximum absolute atomic E-state index is 13.2. The van der Waals surface area contributed by atoms with Crippen molar-refractivity contribution < 1.29 is 90.7 Å². The van der Waals surface area contributed by atoms with Crippen LogP contribution in [0, 0.1) is 19.6 Å². The van der Waals surface area contributed by atoms with E-state index in [1.54, 1.807) is 0 Å². The predicted octanol–water partition coefficient (Wildman–Crippen LogP) is 11.4. The lowest BCUT2D eigenvalue weighted by Crippen LogP contribution is -2.32. The molecule has 16 nitrogen and oxygen atoms in total. The Morgan fingerprint density at radius 1 is 0.357 bits per heavy atom. The van der Waals surface area contributed by atoms with Crippen molar-refractivity contribution in [1.29, 1.82) is 0 Å². The van der Waals surface area contributed by atoms with Gasteiger partial charge in [-0.3, -0.25) is 9.59 Å². The second kappa shape index (κ2) is 24.2. The summed E-state index contributed by atoms with van der Waals surface area (Å²) < 4.78 is 191. The molecule has 0 radical (unpaired) electrons. The summed E-state index contributed by atoms with van der Waals surface area (Å²) in [6, 6.07) is 4.55. The summed E-state index contributed by atoms with van der Waals surface area (Å²) in [7, 11) is 0. The minimum Gasteiger partial charge on any atom is -0.490 e. The van der Waals surface area contributed by atoms with Gasteiger partial charge in [-0.15, -0.1) is 19.6 Å². The van der Waals surface area contributed by atoms with E-state index in [1.165, 1.54) is 0 Å². The van der Waals surface area contributed by atoms with E-state index in [-0.39, 0.29) is 23.0 Å². The lowest BCUT2D eigenvalue weighted by atomic mass is 10.1. The molecule has 0 aromatic heterocycles. The summed E-state index contributed by atoms with van der Waals surface area (Å²) >= 11 is 0.